The van der Waals surface area contributed by atoms with Gasteiger partial charge in [0.15, 0.2) is 0 Å². The van der Waals surface area contributed by atoms with E-state index in [-0.39, 0.29) is 6.42 Å². The fraction of sp³-hybridized carbons (Fsp3) is 0.909. The Morgan fingerprint density at radius 3 is 2.60 bits per heavy atom. The Hall–Kier alpha value is -0.610. The molecular weight excluding hydrogens is 194 g/mol. The first-order valence-electron chi connectivity index (χ1n) is 5.73. The lowest BCUT2D eigenvalue weighted by molar-refractivity contribution is -0.139. The summed E-state index contributed by atoms with van der Waals surface area (Å²) in [4.78, 5) is 10.3. The molecule has 0 saturated heterocycles. The third-order valence-corrected chi connectivity index (χ3v) is 3.60. The summed E-state index contributed by atoms with van der Waals surface area (Å²) in [7, 11) is 0. The van der Waals surface area contributed by atoms with Gasteiger partial charge in [0.2, 0.25) is 0 Å². The number of aliphatic hydroxyl groups is 1. The van der Waals surface area contributed by atoms with E-state index in [0.717, 1.165) is 12.5 Å². The van der Waals surface area contributed by atoms with Crippen molar-refractivity contribution >= 4 is 5.97 Å². The topological polar surface area (TPSA) is 69.6 Å². The van der Waals surface area contributed by atoms with Crippen molar-refractivity contribution in [1.29, 1.82) is 0 Å². The Labute approximate surface area is 89.7 Å². The van der Waals surface area contributed by atoms with Crippen molar-refractivity contribution in [3.8, 4) is 0 Å². The molecule has 3 N–H and O–H groups in total. The van der Waals surface area contributed by atoms with Crippen LogP contribution >= 0.6 is 0 Å². The Bertz CT molecular complexity index is 246. The molecule has 0 aromatic heterocycles. The van der Waals surface area contributed by atoms with Gasteiger partial charge in [-0.3, -0.25) is 4.79 Å². The second-order valence-electron chi connectivity index (χ2n) is 5.02. The van der Waals surface area contributed by atoms with Gasteiger partial charge in [-0.05, 0) is 37.0 Å². The zero-order chi connectivity index (χ0) is 10.9. The maximum atomic E-state index is 10.3. The van der Waals surface area contributed by atoms with Gasteiger partial charge in [-0.2, -0.15) is 0 Å². The van der Waals surface area contributed by atoms with Gasteiger partial charge < -0.3 is 15.5 Å². The smallest absolute Gasteiger partial charge is 0.306 e. The van der Waals surface area contributed by atoms with Gasteiger partial charge in [0.25, 0.3) is 0 Å². The van der Waals surface area contributed by atoms with E-state index in [4.69, 9.17) is 5.11 Å². The summed E-state index contributed by atoms with van der Waals surface area (Å²) in [6, 6.07) is 0. The zero-order valence-corrected chi connectivity index (χ0v) is 8.91. The first-order chi connectivity index (χ1) is 7.12. The highest BCUT2D eigenvalue weighted by molar-refractivity contribution is 5.67. The zero-order valence-electron chi connectivity index (χ0n) is 8.91. The van der Waals surface area contributed by atoms with Crippen LogP contribution in [0.15, 0.2) is 0 Å². The molecule has 0 amide bonds. The van der Waals surface area contributed by atoms with Gasteiger partial charge in [0.1, 0.15) is 0 Å². The predicted molar refractivity (Wildman–Crippen MR) is 55.5 cm³/mol. The number of carboxylic acid groups (broad SMARTS) is 1. The van der Waals surface area contributed by atoms with Crippen LogP contribution in [0.25, 0.3) is 0 Å². The quantitative estimate of drug-likeness (QED) is 0.579. The summed E-state index contributed by atoms with van der Waals surface area (Å²) >= 11 is 0. The van der Waals surface area contributed by atoms with Crippen LogP contribution in [0.3, 0.4) is 0 Å². The number of rotatable bonds is 7. The maximum Gasteiger partial charge on any atom is 0.306 e. The molecule has 15 heavy (non-hydrogen) atoms. The van der Waals surface area contributed by atoms with Crippen molar-refractivity contribution in [3.63, 3.8) is 0 Å². The van der Waals surface area contributed by atoms with Gasteiger partial charge >= 0.3 is 5.97 Å². The van der Waals surface area contributed by atoms with Gasteiger partial charge in [-0.15, -0.1) is 0 Å². The lowest BCUT2D eigenvalue weighted by Gasteiger charge is -2.16. The lowest BCUT2D eigenvalue weighted by atomic mass is 10.0. The Balaban J connectivity index is 1.60. The van der Waals surface area contributed by atoms with E-state index in [0.29, 0.717) is 12.0 Å². The van der Waals surface area contributed by atoms with E-state index in [1.165, 1.54) is 25.7 Å². The highest BCUT2D eigenvalue weighted by Crippen LogP contribution is 2.60. The summed E-state index contributed by atoms with van der Waals surface area (Å²) in [6.45, 7) is 1.36. The number of carbonyl (C=O) groups is 1. The highest BCUT2D eigenvalue weighted by atomic mass is 16.4. The molecule has 0 spiro atoms. The van der Waals surface area contributed by atoms with Crippen molar-refractivity contribution < 1.29 is 15.0 Å². The Kier molecular flexibility index (Phi) is 2.98. The van der Waals surface area contributed by atoms with Crippen LogP contribution in [0.2, 0.25) is 0 Å². The van der Waals surface area contributed by atoms with E-state index in [2.05, 4.69) is 5.32 Å². The van der Waals surface area contributed by atoms with Crippen LogP contribution in [-0.4, -0.2) is 35.4 Å². The van der Waals surface area contributed by atoms with Crippen LogP contribution in [0.5, 0.6) is 0 Å². The molecule has 2 fully saturated rings. The summed E-state index contributed by atoms with van der Waals surface area (Å²) in [6.07, 6.45) is 4.42. The average Bonchev–Trinajstić information content (AvgIpc) is 2.98. The maximum absolute atomic E-state index is 10.3. The second kappa shape index (κ2) is 4.10. The molecule has 86 valence electrons. The molecular formula is C11H19NO3. The van der Waals surface area contributed by atoms with Crippen LogP contribution in [-0.2, 0) is 4.79 Å². The van der Waals surface area contributed by atoms with Gasteiger partial charge in [0, 0.05) is 13.1 Å². The van der Waals surface area contributed by atoms with E-state index < -0.39 is 12.1 Å². The molecule has 1 unspecified atom stereocenters. The normalized spacial score (nSPS) is 24.9. The Morgan fingerprint density at radius 1 is 1.47 bits per heavy atom. The summed E-state index contributed by atoms with van der Waals surface area (Å²) in [5.74, 6) is -0.0331. The standard InChI is InChI=1S/C11H19NO3/c13-9(5-10(14)15)6-12-7-11(3-4-11)8-1-2-8/h8-9,12-13H,1-7H2,(H,14,15). The van der Waals surface area contributed by atoms with Crippen LogP contribution in [0.1, 0.15) is 32.1 Å². The minimum Gasteiger partial charge on any atom is -0.481 e. The first-order valence-corrected chi connectivity index (χ1v) is 5.73. The number of hydrogen-bond donors (Lipinski definition) is 3. The molecule has 1 atom stereocenters. The number of hydrogen-bond acceptors (Lipinski definition) is 3. The SMILES string of the molecule is O=C(O)CC(O)CNCC1(C2CC2)CC1. The summed E-state index contributed by atoms with van der Waals surface area (Å²) in [5, 5.41) is 21.0. The average molecular weight is 213 g/mol. The fourth-order valence-electron chi connectivity index (χ4n) is 2.35. The van der Waals surface area contributed by atoms with Crippen LogP contribution in [0, 0.1) is 11.3 Å². The van der Waals surface area contributed by atoms with Crippen molar-refractivity contribution in [2.75, 3.05) is 13.1 Å². The number of carboxylic acids is 1. The molecule has 2 aliphatic carbocycles. The first kappa shape index (κ1) is 10.9. The molecule has 0 aromatic carbocycles. The Morgan fingerprint density at radius 2 is 2.13 bits per heavy atom. The van der Waals surface area contributed by atoms with Crippen LogP contribution < -0.4 is 5.32 Å². The van der Waals surface area contributed by atoms with Crippen molar-refractivity contribution in [3.05, 3.63) is 0 Å². The van der Waals surface area contributed by atoms with Gasteiger partial charge in [-0.1, -0.05) is 0 Å². The minimum atomic E-state index is -0.937. The highest BCUT2D eigenvalue weighted by Gasteiger charge is 2.53. The third kappa shape index (κ3) is 2.92. The van der Waals surface area contributed by atoms with Gasteiger partial charge in [-0.25, -0.2) is 0 Å². The fourth-order valence-corrected chi connectivity index (χ4v) is 2.35. The molecule has 0 radical (unpaired) electrons. The molecule has 4 heteroatoms. The lowest BCUT2D eigenvalue weighted by Crippen LogP contribution is -2.33. The van der Waals surface area contributed by atoms with Crippen molar-refractivity contribution in [2.45, 2.75) is 38.2 Å². The number of aliphatic carboxylic acids is 1. The monoisotopic (exact) mass is 213 g/mol. The molecule has 2 rings (SSSR count). The van der Waals surface area contributed by atoms with E-state index >= 15 is 0 Å². The molecule has 2 aliphatic rings. The van der Waals surface area contributed by atoms with E-state index in [9.17, 15) is 9.90 Å². The number of nitrogens with one attached hydrogen (secondary N) is 1. The second-order valence-corrected chi connectivity index (χ2v) is 5.02. The van der Waals surface area contributed by atoms with Crippen molar-refractivity contribution in [1.82, 2.24) is 5.32 Å². The molecule has 0 aromatic rings. The molecule has 2 saturated carbocycles. The van der Waals surface area contributed by atoms with Crippen molar-refractivity contribution in [2.24, 2.45) is 11.3 Å². The third-order valence-electron chi connectivity index (χ3n) is 3.60. The predicted octanol–water partition coefficient (Wildman–Crippen LogP) is 0.602. The molecule has 0 bridgehead atoms. The molecule has 0 aliphatic heterocycles. The van der Waals surface area contributed by atoms with Gasteiger partial charge in [0.05, 0.1) is 12.5 Å². The van der Waals surface area contributed by atoms with E-state index in [1.54, 1.807) is 0 Å². The molecule has 0 heterocycles. The molecule has 4 nitrogen and oxygen atoms in total. The number of aliphatic hydroxyl groups excluding tert-OH is 1. The summed E-state index contributed by atoms with van der Waals surface area (Å²) in [5.41, 5.74) is 0.517. The minimum absolute atomic E-state index is 0.163. The largest absolute Gasteiger partial charge is 0.481 e. The summed E-state index contributed by atoms with van der Waals surface area (Å²) < 4.78 is 0. The van der Waals surface area contributed by atoms with E-state index in [1.807, 2.05) is 0 Å². The van der Waals surface area contributed by atoms with Crippen LogP contribution in [0.4, 0.5) is 0 Å².